The van der Waals surface area contributed by atoms with Gasteiger partial charge in [0, 0.05) is 5.69 Å². The molecule has 150 valence electrons. The van der Waals surface area contributed by atoms with Gasteiger partial charge in [0.15, 0.2) is 6.54 Å². The van der Waals surface area contributed by atoms with E-state index in [1.54, 1.807) is 4.31 Å². The van der Waals surface area contributed by atoms with E-state index in [2.05, 4.69) is 5.32 Å². The molecule has 28 heavy (non-hydrogen) atoms. The summed E-state index contributed by atoms with van der Waals surface area (Å²) in [7, 11) is -3.33. The largest absolute Gasteiger partial charge is 0.325 e. The Balaban J connectivity index is 1.50. The van der Waals surface area contributed by atoms with Crippen LogP contribution in [0.2, 0.25) is 0 Å². The molecule has 0 aliphatic carbocycles. The topological polar surface area (TPSA) is 70.9 Å². The standard InChI is InChI=1S/C21H27N3O3S/c1-17-8-9-20(18(2)14-17)22-21(25)15-23-10-12-24(13-11-23)28(26,27)16-19-6-4-3-5-7-19/h3-9,14H,10-13,15-16H2,1-2H3,(H,22,25)/p+1. The van der Waals surface area contributed by atoms with Crippen molar-refractivity contribution >= 4 is 21.6 Å². The summed E-state index contributed by atoms with van der Waals surface area (Å²) in [6.07, 6.45) is 0. The van der Waals surface area contributed by atoms with E-state index in [1.165, 1.54) is 0 Å². The van der Waals surface area contributed by atoms with E-state index >= 15 is 0 Å². The molecule has 2 aromatic rings. The number of rotatable bonds is 6. The van der Waals surface area contributed by atoms with E-state index < -0.39 is 10.0 Å². The first-order valence-electron chi connectivity index (χ1n) is 9.56. The third kappa shape index (κ3) is 5.41. The van der Waals surface area contributed by atoms with Crippen LogP contribution in [0.3, 0.4) is 0 Å². The average Bonchev–Trinajstić information content (AvgIpc) is 2.65. The number of carbonyl (C=O) groups is 1. The fraction of sp³-hybridized carbons (Fsp3) is 0.381. The van der Waals surface area contributed by atoms with Crippen molar-refractivity contribution in [1.29, 1.82) is 0 Å². The number of hydrogen-bond acceptors (Lipinski definition) is 3. The molecule has 0 unspecified atom stereocenters. The molecule has 0 saturated carbocycles. The van der Waals surface area contributed by atoms with Crippen LogP contribution in [-0.2, 0) is 20.6 Å². The molecule has 1 saturated heterocycles. The van der Waals surface area contributed by atoms with Gasteiger partial charge in [-0.25, -0.2) is 8.42 Å². The van der Waals surface area contributed by atoms with Gasteiger partial charge in [0.25, 0.3) is 5.91 Å². The molecule has 1 heterocycles. The second-order valence-electron chi connectivity index (χ2n) is 7.43. The van der Waals surface area contributed by atoms with Crippen LogP contribution in [0, 0.1) is 13.8 Å². The zero-order chi connectivity index (χ0) is 20.1. The third-order valence-electron chi connectivity index (χ3n) is 5.08. The summed E-state index contributed by atoms with van der Waals surface area (Å²) in [6, 6.07) is 15.2. The highest BCUT2D eigenvalue weighted by molar-refractivity contribution is 7.88. The normalized spacial score (nSPS) is 16.1. The molecule has 0 radical (unpaired) electrons. The quantitative estimate of drug-likeness (QED) is 0.757. The lowest BCUT2D eigenvalue weighted by Gasteiger charge is -2.31. The minimum Gasteiger partial charge on any atom is -0.325 e. The molecule has 0 bridgehead atoms. The Labute approximate surface area is 167 Å². The fourth-order valence-corrected chi connectivity index (χ4v) is 5.04. The number of carbonyl (C=O) groups excluding carboxylic acids is 1. The van der Waals surface area contributed by atoms with E-state index in [4.69, 9.17) is 0 Å². The Kier molecular flexibility index (Phi) is 6.49. The summed E-state index contributed by atoms with van der Waals surface area (Å²) >= 11 is 0. The summed E-state index contributed by atoms with van der Waals surface area (Å²) in [5, 5.41) is 2.97. The van der Waals surface area contributed by atoms with E-state index in [-0.39, 0.29) is 11.7 Å². The van der Waals surface area contributed by atoms with Gasteiger partial charge < -0.3 is 10.2 Å². The Morgan fingerprint density at radius 2 is 1.75 bits per heavy atom. The minimum atomic E-state index is -3.33. The predicted octanol–water partition coefficient (Wildman–Crippen LogP) is 0.972. The van der Waals surface area contributed by atoms with E-state index in [0.717, 1.165) is 27.3 Å². The van der Waals surface area contributed by atoms with Crippen molar-refractivity contribution in [1.82, 2.24) is 4.31 Å². The van der Waals surface area contributed by atoms with Crippen LogP contribution in [0.1, 0.15) is 16.7 Å². The summed E-state index contributed by atoms with van der Waals surface area (Å²) < 4.78 is 26.8. The van der Waals surface area contributed by atoms with Gasteiger partial charge in [0.05, 0.1) is 31.9 Å². The summed E-state index contributed by atoms with van der Waals surface area (Å²) in [5.41, 5.74) is 3.83. The van der Waals surface area contributed by atoms with Crippen LogP contribution in [-0.4, -0.2) is 51.4 Å². The molecular weight excluding hydrogens is 374 g/mol. The average molecular weight is 403 g/mol. The SMILES string of the molecule is Cc1ccc(NC(=O)C[NH+]2CCN(S(=O)(=O)Cc3ccccc3)CC2)c(C)c1. The van der Waals surface area contributed by atoms with Gasteiger partial charge in [-0.05, 0) is 31.0 Å². The van der Waals surface area contributed by atoms with Crippen molar-refractivity contribution in [2.24, 2.45) is 0 Å². The number of benzene rings is 2. The molecule has 2 N–H and O–H groups in total. The lowest BCUT2D eigenvalue weighted by atomic mass is 10.1. The number of amides is 1. The van der Waals surface area contributed by atoms with Crippen LogP contribution in [0.5, 0.6) is 0 Å². The highest BCUT2D eigenvalue weighted by atomic mass is 32.2. The molecule has 2 aromatic carbocycles. The first-order valence-corrected chi connectivity index (χ1v) is 11.2. The zero-order valence-electron chi connectivity index (χ0n) is 16.4. The zero-order valence-corrected chi connectivity index (χ0v) is 17.3. The van der Waals surface area contributed by atoms with Crippen LogP contribution in [0.15, 0.2) is 48.5 Å². The van der Waals surface area contributed by atoms with Crippen LogP contribution >= 0.6 is 0 Å². The summed E-state index contributed by atoms with van der Waals surface area (Å²) in [4.78, 5) is 13.5. The highest BCUT2D eigenvalue weighted by Crippen LogP contribution is 2.15. The molecular formula is C21H28N3O3S+. The second kappa shape index (κ2) is 8.86. The maximum Gasteiger partial charge on any atom is 0.279 e. The summed E-state index contributed by atoms with van der Waals surface area (Å²) in [5.74, 6) is -0.0151. The molecule has 0 spiro atoms. The van der Waals surface area contributed by atoms with E-state index in [0.29, 0.717) is 32.7 Å². The van der Waals surface area contributed by atoms with Crippen molar-refractivity contribution in [2.75, 3.05) is 38.0 Å². The second-order valence-corrected chi connectivity index (χ2v) is 9.40. The van der Waals surface area contributed by atoms with Crippen molar-refractivity contribution in [3.05, 3.63) is 65.2 Å². The van der Waals surface area contributed by atoms with Gasteiger partial charge in [0.1, 0.15) is 0 Å². The number of piperazine rings is 1. The fourth-order valence-electron chi connectivity index (χ4n) is 3.51. The Morgan fingerprint density at radius 3 is 2.39 bits per heavy atom. The number of sulfonamides is 1. The van der Waals surface area contributed by atoms with Gasteiger partial charge >= 0.3 is 0 Å². The maximum atomic E-state index is 12.6. The molecule has 7 heteroatoms. The lowest BCUT2D eigenvalue weighted by Crippen LogP contribution is -3.15. The minimum absolute atomic E-state index is 0.0242. The van der Waals surface area contributed by atoms with Crippen molar-refractivity contribution in [3.63, 3.8) is 0 Å². The van der Waals surface area contributed by atoms with Gasteiger partial charge in [-0.15, -0.1) is 0 Å². The number of nitrogens with zero attached hydrogens (tertiary/aromatic N) is 1. The van der Waals surface area contributed by atoms with Gasteiger partial charge in [-0.1, -0.05) is 48.0 Å². The van der Waals surface area contributed by atoms with Crippen molar-refractivity contribution in [2.45, 2.75) is 19.6 Å². The molecule has 1 fully saturated rings. The molecule has 1 aliphatic rings. The van der Waals surface area contributed by atoms with Crippen molar-refractivity contribution in [3.8, 4) is 0 Å². The van der Waals surface area contributed by atoms with Gasteiger partial charge in [-0.3, -0.25) is 4.79 Å². The van der Waals surface area contributed by atoms with Gasteiger partial charge in [0.2, 0.25) is 10.0 Å². The highest BCUT2D eigenvalue weighted by Gasteiger charge is 2.30. The molecule has 6 nitrogen and oxygen atoms in total. The maximum absolute atomic E-state index is 12.6. The Morgan fingerprint density at radius 1 is 1.07 bits per heavy atom. The molecule has 1 aliphatic heterocycles. The molecule has 3 rings (SSSR count). The third-order valence-corrected chi connectivity index (χ3v) is 6.93. The Bertz CT molecular complexity index is 921. The van der Waals surface area contributed by atoms with Crippen LogP contribution in [0.25, 0.3) is 0 Å². The smallest absolute Gasteiger partial charge is 0.279 e. The lowest BCUT2D eigenvalue weighted by molar-refractivity contribution is -0.895. The number of quaternary nitrogens is 1. The monoisotopic (exact) mass is 402 g/mol. The molecule has 0 atom stereocenters. The van der Waals surface area contributed by atoms with Gasteiger partial charge in [-0.2, -0.15) is 4.31 Å². The molecule has 0 aromatic heterocycles. The summed E-state index contributed by atoms with van der Waals surface area (Å²) in [6.45, 7) is 6.51. The number of anilines is 1. The predicted molar refractivity (Wildman–Crippen MR) is 111 cm³/mol. The first kappa shape index (κ1) is 20.5. The van der Waals surface area contributed by atoms with Crippen LogP contribution < -0.4 is 10.2 Å². The number of hydrogen-bond donors (Lipinski definition) is 2. The first-order chi connectivity index (χ1) is 13.3. The number of nitrogens with one attached hydrogen (secondary N) is 2. The van der Waals surface area contributed by atoms with E-state index in [1.807, 2.05) is 62.4 Å². The Hall–Kier alpha value is -2.22. The van der Waals surface area contributed by atoms with Crippen LogP contribution in [0.4, 0.5) is 5.69 Å². The number of aryl methyl sites for hydroxylation is 2. The van der Waals surface area contributed by atoms with E-state index in [9.17, 15) is 13.2 Å². The molecule has 1 amide bonds. The van der Waals surface area contributed by atoms with Crippen molar-refractivity contribution < 1.29 is 18.1 Å².